The van der Waals surface area contributed by atoms with Crippen LogP contribution in [0.3, 0.4) is 0 Å². The molecule has 0 aliphatic carbocycles. The van der Waals surface area contributed by atoms with Crippen LogP contribution < -0.4 is 25.6 Å². The number of amides is 5. The summed E-state index contributed by atoms with van der Waals surface area (Å²) in [4.78, 5) is 62.4. The van der Waals surface area contributed by atoms with Crippen molar-refractivity contribution in [2.24, 2.45) is 0 Å². The molecular formula is C31H33N7O5. The van der Waals surface area contributed by atoms with E-state index in [9.17, 15) is 19.2 Å². The number of carbonyl (C=O) groups excluding carboxylic acids is 4. The van der Waals surface area contributed by atoms with Gasteiger partial charge in [0.1, 0.15) is 12.4 Å². The van der Waals surface area contributed by atoms with Crippen molar-refractivity contribution in [3.05, 3.63) is 72.2 Å². The number of pyridine rings is 1. The number of aromatic nitrogens is 3. The molecule has 1 atom stereocenters. The number of hydrogen-bond donors (Lipinski definition) is 4. The van der Waals surface area contributed by atoms with Crippen molar-refractivity contribution in [2.45, 2.75) is 38.1 Å². The third kappa shape index (κ3) is 6.80. The number of carbonyl (C=O) groups is 4. The summed E-state index contributed by atoms with van der Waals surface area (Å²) in [7, 11) is 3.19. The van der Waals surface area contributed by atoms with E-state index in [1.165, 1.54) is 4.90 Å². The summed E-state index contributed by atoms with van der Waals surface area (Å²) in [6.45, 7) is -0.0648. The van der Waals surface area contributed by atoms with Crippen LogP contribution in [0.25, 0.3) is 22.2 Å². The molecular weight excluding hydrogens is 550 g/mol. The number of para-hydroxylation sites is 1. The summed E-state index contributed by atoms with van der Waals surface area (Å²) >= 11 is 0. The van der Waals surface area contributed by atoms with Gasteiger partial charge in [-0.25, -0.2) is 14.8 Å². The summed E-state index contributed by atoms with van der Waals surface area (Å²) in [5.74, 6) is 0.343. The third-order valence-electron chi connectivity index (χ3n) is 7.31. The highest BCUT2D eigenvalue weighted by Gasteiger charge is 2.28. The van der Waals surface area contributed by atoms with Gasteiger partial charge in [-0.1, -0.05) is 31.0 Å². The van der Waals surface area contributed by atoms with Gasteiger partial charge in [-0.05, 0) is 49.2 Å². The molecule has 43 heavy (non-hydrogen) atoms. The van der Waals surface area contributed by atoms with Crippen LogP contribution in [0.15, 0.2) is 60.8 Å². The molecule has 5 amide bonds. The van der Waals surface area contributed by atoms with E-state index in [-0.39, 0.29) is 24.3 Å². The summed E-state index contributed by atoms with van der Waals surface area (Å²) in [5.41, 5.74) is 3.17. The maximum absolute atomic E-state index is 13.3. The van der Waals surface area contributed by atoms with Gasteiger partial charge in [0, 0.05) is 30.1 Å². The Morgan fingerprint density at radius 2 is 1.86 bits per heavy atom. The second-order valence-electron chi connectivity index (χ2n) is 10.2. The predicted molar refractivity (Wildman–Crippen MR) is 161 cm³/mol. The molecule has 5 rings (SSSR count). The molecule has 0 saturated carbocycles. The molecule has 1 aliphatic rings. The van der Waals surface area contributed by atoms with E-state index in [2.05, 4.69) is 30.9 Å². The largest absolute Gasteiger partial charge is 0.480 e. The number of nitrogens with zero attached hydrogens (tertiary/aromatic N) is 3. The van der Waals surface area contributed by atoms with Crippen molar-refractivity contribution >= 4 is 40.3 Å². The number of benzene rings is 2. The van der Waals surface area contributed by atoms with Crippen molar-refractivity contribution in [1.29, 1.82) is 0 Å². The average molecular weight is 584 g/mol. The first kappa shape index (κ1) is 29.2. The van der Waals surface area contributed by atoms with Gasteiger partial charge < -0.3 is 20.4 Å². The third-order valence-corrected chi connectivity index (χ3v) is 7.31. The van der Waals surface area contributed by atoms with Gasteiger partial charge in [0.2, 0.25) is 17.7 Å². The molecule has 0 spiro atoms. The normalized spacial score (nSPS) is 13.6. The molecule has 1 fully saturated rings. The van der Waals surface area contributed by atoms with Gasteiger partial charge in [0.25, 0.3) is 5.91 Å². The Balaban J connectivity index is 1.35. The maximum Gasteiger partial charge on any atom is 0.329 e. The SMILES string of the molecule is CNC(=O)CCCCCC(NC(=O)c1ccc(N2CC(=O)NC2=O)cc1)c1ncc(-c2cc3ccccc3nc2OC)[nH]1. The van der Waals surface area contributed by atoms with Crippen LogP contribution in [0.4, 0.5) is 10.5 Å². The number of unbranched alkanes of at least 4 members (excludes halogenated alkanes) is 2. The standard InChI is InChI=1S/C31H33N7O5/c1-32-26(39)11-5-3-4-10-24(35-29(41)19-12-14-21(15-13-19)38-18-27(40)37-31(38)42)28-33-17-25(34-28)22-16-20-8-6-7-9-23(20)36-30(22)43-2/h6-9,12-17,24H,3-5,10-11,18H2,1-2H3,(H,32,39)(H,33,34)(H,35,41)(H,37,40,42). The minimum atomic E-state index is -0.495. The van der Waals surface area contributed by atoms with Crippen LogP contribution in [0, 0.1) is 0 Å². The molecule has 4 aromatic rings. The van der Waals surface area contributed by atoms with E-state index in [1.807, 2.05) is 30.3 Å². The lowest BCUT2D eigenvalue weighted by atomic mass is 10.1. The summed E-state index contributed by atoms with van der Waals surface area (Å²) in [6, 6.07) is 15.3. The van der Waals surface area contributed by atoms with Crippen LogP contribution in [0.2, 0.25) is 0 Å². The van der Waals surface area contributed by atoms with Crippen LogP contribution in [0.1, 0.15) is 54.3 Å². The van der Waals surface area contributed by atoms with Gasteiger partial charge in [0.05, 0.1) is 36.1 Å². The number of methoxy groups -OCH3 is 1. The van der Waals surface area contributed by atoms with Gasteiger partial charge in [0.15, 0.2) is 0 Å². The number of fused-ring (bicyclic) bond motifs is 1. The van der Waals surface area contributed by atoms with Crippen LogP contribution in [-0.2, 0) is 9.59 Å². The van der Waals surface area contributed by atoms with E-state index in [1.54, 1.807) is 44.6 Å². The molecule has 1 aliphatic heterocycles. The summed E-state index contributed by atoms with van der Waals surface area (Å²) in [5, 5.41) is 8.91. The highest BCUT2D eigenvalue weighted by molar-refractivity contribution is 6.12. The molecule has 0 bridgehead atoms. The lowest BCUT2D eigenvalue weighted by Crippen LogP contribution is -2.30. The lowest BCUT2D eigenvalue weighted by molar-refractivity contribution is -0.120. The summed E-state index contributed by atoms with van der Waals surface area (Å²) in [6.07, 6.45) is 5.04. The highest BCUT2D eigenvalue weighted by Crippen LogP contribution is 2.32. The second-order valence-corrected chi connectivity index (χ2v) is 10.2. The summed E-state index contributed by atoms with van der Waals surface area (Å²) < 4.78 is 5.57. The quantitative estimate of drug-likeness (QED) is 0.146. The molecule has 12 heteroatoms. The van der Waals surface area contributed by atoms with Crippen LogP contribution in [-0.4, -0.2) is 59.4 Å². The number of imide groups is 1. The molecule has 4 N–H and O–H groups in total. The van der Waals surface area contributed by atoms with Gasteiger partial charge in [-0.3, -0.25) is 24.6 Å². The smallest absolute Gasteiger partial charge is 0.329 e. The molecule has 1 unspecified atom stereocenters. The molecule has 222 valence electrons. The number of hydrogen-bond acceptors (Lipinski definition) is 7. The first-order valence-corrected chi connectivity index (χ1v) is 14.1. The first-order valence-electron chi connectivity index (χ1n) is 14.1. The zero-order valence-corrected chi connectivity index (χ0v) is 24.0. The first-order chi connectivity index (χ1) is 20.9. The van der Waals surface area contributed by atoms with E-state index in [4.69, 9.17) is 4.74 Å². The number of ether oxygens (including phenoxy) is 1. The molecule has 1 saturated heterocycles. The number of anilines is 1. The monoisotopic (exact) mass is 583 g/mol. The fourth-order valence-corrected chi connectivity index (χ4v) is 5.00. The van der Waals surface area contributed by atoms with E-state index in [0.717, 1.165) is 35.7 Å². The fraction of sp³-hybridized carbons (Fsp3) is 0.290. The Bertz CT molecular complexity index is 1650. The fourth-order valence-electron chi connectivity index (χ4n) is 5.00. The minimum Gasteiger partial charge on any atom is -0.480 e. The topological polar surface area (TPSA) is 158 Å². The van der Waals surface area contributed by atoms with E-state index < -0.39 is 12.1 Å². The maximum atomic E-state index is 13.3. The van der Waals surface area contributed by atoms with E-state index >= 15 is 0 Å². The minimum absolute atomic E-state index is 0.00213. The van der Waals surface area contributed by atoms with Crippen molar-refractivity contribution in [3.63, 3.8) is 0 Å². The van der Waals surface area contributed by atoms with Gasteiger partial charge >= 0.3 is 6.03 Å². The molecule has 2 aromatic carbocycles. The molecule has 2 aromatic heterocycles. The van der Waals surface area contributed by atoms with E-state index in [0.29, 0.717) is 41.5 Å². The van der Waals surface area contributed by atoms with Crippen LogP contribution >= 0.6 is 0 Å². The van der Waals surface area contributed by atoms with Crippen molar-refractivity contribution < 1.29 is 23.9 Å². The molecule has 12 nitrogen and oxygen atoms in total. The predicted octanol–water partition coefficient (Wildman–Crippen LogP) is 3.86. The van der Waals surface area contributed by atoms with Gasteiger partial charge in [-0.15, -0.1) is 0 Å². The Morgan fingerprint density at radius 1 is 1.07 bits per heavy atom. The number of nitrogens with one attached hydrogen (secondary N) is 4. The highest BCUT2D eigenvalue weighted by atomic mass is 16.5. The zero-order valence-electron chi connectivity index (χ0n) is 24.0. The Kier molecular flexibility index (Phi) is 8.94. The number of imidazole rings is 1. The molecule has 3 heterocycles. The lowest BCUT2D eigenvalue weighted by Gasteiger charge is -2.18. The van der Waals surface area contributed by atoms with Crippen molar-refractivity contribution in [2.75, 3.05) is 25.6 Å². The Hall–Kier alpha value is -5.26. The average Bonchev–Trinajstić information content (AvgIpc) is 3.65. The van der Waals surface area contributed by atoms with Crippen LogP contribution in [0.5, 0.6) is 5.88 Å². The number of H-pyrrole nitrogens is 1. The number of aromatic amines is 1. The number of urea groups is 1. The van der Waals surface area contributed by atoms with Crippen molar-refractivity contribution in [3.8, 4) is 17.1 Å². The Morgan fingerprint density at radius 3 is 2.58 bits per heavy atom. The number of rotatable bonds is 12. The van der Waals surface area contributed by atoms with Gasteiger partial charge in [-0.2, -0.15) is 0 Å². The Labute approximate surface area is 248 Å². The second kappa shape index (κ2) is 13.1. The molecule has 0 radical (unpaired) electrons. The van der Waals surface area contributed by atoms with Crippen molar-refractivity contribution in [1.82, 2.24) is 30.9 Å². The zero-order chi connectivity index (χ0) is 30.3.